The highest BCUT2D eigenvalue weighted by Crippen LogP contribution is 2.74. The highest BCUT2D eigenvalue weighted by molar-refractivity contribution is 5.78. The number of ether oxygens (including phenoxy) is 2. The van der Waals surface area contributed by atoms with Crippen LogP contribution in [-0.4, -0.2) is 25.7 Å². The number of carbonyl (C=O) groups is 1. The topological polar surface area (TPSA) is 61.5 Å². The predicted octanol–water partition coefficient (Wildman–Crippen LogP) is 1.54. The number of carbonyl (C=O) groups excluding carboxylic acids is 1. The van der Waals surface area contributed by atoms with Crippen LogP contribution in [0.3, 0.4) is 0 Å². The smallest absolute Gasteiger partial charge is 0.323 e. The molecule has 4 heteroatoms. The van der Waals surface area contributed by atoms with Gasteiger partial charge in [0.25, 0.3) is 0 Å². The molecule has 5 rings (SSSR count). The van der Waals surface area contributed by atoms with Crippen LogP contribution in [0.25, 0.3) is 0 Å². The number of hydrogen-bond acceptors (Lipinski definition) is 4. The van der Waals surface area contributed by atoms with Crippen LogP contribution >= 0.6 is 0 Å². The largest absolute Gasteiger partial charge is 0.493 e. The van der Waals surface area contributed by atoms with Crippen molar-refractivity contribution < 1.29 is 14.3 Å². The van der Waals surface area contributed by atoms with Crippen molar-refractivity contribution in [1.82, 2.24) is 0 Å². The molecule has 0 aromatic heterocycles. The zero-order valence-corrected chi connectivity index (χ0v) is 11.6. The van der Waals surface area contributed by atoms with E-state index in [4.69, 9.17) is 15.2 Å². The molecule has 3 aliphatic carbocycles. The van der Waals surface area contributed by atoms with Crippen LogP contribution in [0, 0.1) is 5.41 Å². The van der Waals surface area contributed by atoms with Crippen molar-refractivity contribution in [2.45, 2.75) is 37.1 Å². The second kappa shape index (κ2) is 3.76. The molecule has 2 N–H and O–H groups in total. The molecule has 4 nitrogen and oxygen atoms in total. The highest BCUT2D eigenvalue weighted by Gasteiger charge is 2.71. The molecule has 1 heterocycles. The van der Waals surface area contributed by atoms with E-state index in [0.29, 0.717) is 0 Å². The average Bonchev–Trinajstić information content (AvgIpc) is 2.82. The molecule has 20 heavy (non-hydrogen) atoms. The van der Waals surface area contributed by atoms with Crippen LogP contribution in [0.2, 0.25) is 0 Å². The van der Waals surface area contributed by atoms with E-state index in [1.54, 1.807) is 0 Å². The van der Waals surface area contributed by atoms with E-state index >= 15 is 0 Å². The number of nitrogens with two attached hydrogens (primary N) is 1. The molecule has 1 unspecified atom stereocenters. The van der Waals surface area contributed by atoms with Gasteiger partial charge in [0.2, 0.25) is 0 Å². The first-order valence-electron chi connectivity index (χ1n) is 7.18. The SMILES string of the molecule is COC(=O)C(N)C12CC(c3ccc4c(c3)CCO4)(C1)C2. The predicted molar refractivity (Wildman–Crippen MR) is 73.6 cm³/mol. The number of esters is 1. The minimum atomic E-state index is -0.466. The van der Waals surface area contributed by atoms with Crippen molar-refractivity contribution in [2.75, 3.05) is 13.7 Å². The van der Waals surface area contributed by atoms with Crippen molar-refractivity contribution in [1.29, 1.82) is 0 Å². The molecule has 3 saturated carbocycles. The fraction of sp³-hybridized carbons (Fsp3) is 0.562. The van der Waals surface area contributed by atoms with Gasteiger partial charge < -0.3 is 15.2 Å². The first-order valence-corrected chi connectivity index (χ1v) is 7.18. The van der Waals surface area contributed by atoms with Gasteiger partial charge in [-0.25, -0.2) is 0 Å². The van der Waals surface area contributed by atoms with Gasteiger partial charge in [-0.05, 0) is 47.3 Å². The van der Waals surface area contributed by atoms with E-state index in [1.807, 2.05) is 0 Å². The summed E-state index contributed by atoms with van der Waals surface area (Å²) in [6.07, 6.45) is 4.04. The average molecular weight is 273 g/mol. The van der Waals surface area contributed by atoms with E-state index in [0.717, 1.165) is 38.0 Å². The molecule has 2 bridgehead atoms. The monoisotopic (exact) mass is 273 g/mol. The Bertz CT molecular complexity index is 576. The lowest BCUT2D eigenvalue weighted by Gasteiger charge is -2.72. The summed E-state index contributed by atoms with van der Waals surface area (Å²) in [4.78, 5) is 11.6. The molecule has 1 aromatic rings. The number of rotatable bonds is 3. The van der Waals surface area contributed by atoms with E-state index < -0.39 is 6.04 Å². The van der Waals surface area contributed by atoms with Crippen LogP contribution in [0.4, 0.5) is 0 Å². The summed E-state index contributed by atoms with van der Waals surface area (Å²) >= 11 is 0. The minimum absolute atomic E-state index is 0.0113. The van der Waals surface area contributed by atoms with Gasteiger partial charge in [-0.15, -0.1) is 0 Å². The standard InChI is InChI=1S/C16H19NO3/c1-19-14(18)13(17)16-7-15(8-16,9-16)11-2-3-12-10(6-11)4-5-20-12/h2-3,6,13H,4-5,7-9,17H2,1H3. The number of hydrogen-bond donors (Lipinski definition) is 1. The number of benzene rings is 1. The summed E-state index contributed by atoms with van der Waals surface area (Å²) < 4.78 is 10.3. The van der Waals surface area contributed by atoms with Crippen molar-refractivity contribution in [3.63, 3.8) is 0 Å². The highest BCUT2D eigenvalue weighted by atomic mass is 16.5. The quantitative estimate of drug-likeness (QED) is 0.849. The Morgan fingerprint density at radius 1 is 1.40 bits per heavy atom. The fourth-order valence-corrected chi connectivity index (χ4v) is 4.40. The van der Waals surface area contributed by atoms with Crippen LogP contribution < -0.4 is 10.5 Å². The summed E-state index contributed by atoms with van der Waals surface area (Å²) in [7, 11) is 1.41. The zero-order valence-electron chi connectivity index (χ0n) is 11.6. The number of fused-ring (bicyclic) bond motifs is 1. The summed E-state index contributed by atoms with van der Waals surface area (Å²) in [6, 6.07) is 6.09. The van der Waals surface area contributed by atoms with E-state index in [-0.39, 0.29) is 16.8 Å². The van der Waals surface area contributed by atoms with Crippen LogP contribution in [0.5, 0.6) is 5.75 Å². The molecule has 106 valence electrons. The van der Waals surface area contributed by atoms with Crippen molar-refractivity contribution >= 4 is 5.97 Å². The number of methoxy groups -OCH3 is 1. The van der Waals surface area contributed by atoms with Gasteiger partial charge in [-0.2, -0.15) is 0 Å². The first kappa shape index (κ1) is 12.2. The molecular formula is C16H19NO3. The fourth-order valence-electron chi connectivity index (χ4n) is 4.40. The maximum absolute atomic E-state index is 11.6. The van der Waals surface area contributed by atoms with Gasteiger partial charge in [-0.3, -0.25) is 4.79 Å². The Morgan fingerprint density at radius 2 is 2.15 bits per heavy atom. The molecule has 0 amide bonds. The lowest BCUT2D eigenvalue weighted by atomic mass is 9.31. The molecule has 0 saturated heterocycles. The lowest BCUT2D eigenvalue weighted by Crippen LogP contribution is -2.72. The Labute approximate surface area is 118 Å². The van der Waals surface area contributed by atoms with Gasteiger partial charge in [0, 0.05) is 6.42 Å². The van der Waals surface area contributed by atoms with Crippen molar-refractivity contribution in [3.05, 3.63) is 29.3 Å². The third-order valence-electron chi connectivity index (χ3n) is 5.49. The molecular weight excluding hydrogens is 254 g/mol. The van der Waals surface area contributed by atoms with Gasteiger partial charge in [0.05, 0.1) is 13.7 Å². The molecule has 4 aliphatic rings. The van der Waals surface area contributed by atoms with Crippen molar-refractivity contribution in [2.24, 2.45) is 11.1 Å². The Hall–Kier alpha value is -1.55. The molecule has 0 spiro atoms. The molecule has 3 fully saturated rings. The minimum Gasteiger partial charge on any atom is -0.493 e. The van der Waals surface area contributed by atoms with Gasteiger partial charge in [0.1, 0.15) is 11.8 Å². The maximum Gasteiger partial charge on any atom is 0.323 e. The normalized spacial score (nSPS) is 34.3. The Morgan fingerprint density at radius 3 is 2.85 bits per heavy atom. The van der Waals surface area contributed by atoms with E-state index in [9.17, 15) is 4.79 Å². The summed E-state index contributed by atoms with van der Waals surface area (Å²) in [6.45, 7) is 0.795. The van der Waals surface area contributed by atoms with Crippen LogP contribution in [-0.2, 0) is 21.4 Å². The summed E-state index contributed by atoms with van der Waals surface area (Å²) in [5.41, 5.74) is 8.99. The Balaban J connectivity index is 1.53. The maximum atomic E-state index is 11.6. The third-order valence-corrected chi connectivity index (χ3v) is 5.49. The molecule has 0 radical (unpaired) electrons. The van der Waals surface area contributed by atoms with E-state index in [2.05, 4.69) is 18.2 Å². The van der Waals surface area contributed by atoms with Gasteiger partial charge in [0.15, 0.2) is 0 Å². The lowest BCUT2D eigenvalue weighted by molar-refractivity contribution is -0.181. The second-order valence-electron chi connectivity index (χ2n) is 6.59. The summed E-state index contributed by atoms with van der Waals surface area (Å²) in [5, 5.41) is 0. The molecule has 1 aliphatic heterocycles. The first-order chi connectivity index (χ1) is 9.58. The van der Waals surface area contributed by atoms with Crippen LogP contribution in [0.1, 0.15) is 30.4 Å². The summed E-state index contributed by atoms with van der Waals surface area (Å²) in [5.74, 6) is 0.752. The van der Waals surface area contributed by atoms with Gasteiger partial charge in [-0.1, -0.05) is 12.1 Å². The Kier molecular flexibility index (Phi) is 2.29. The van der Waals surface area contributed by atoms with Crippen molar-refractivity contribution in [3.8, 4) is 5.75 Å². The zero-order chi connectivity index (χ0) is 14.0. The molecule has 1 aromatic carbocycles. The van der Waals surface area contributed by atoms with Crippen LogP contribution in [0.15, 0.2) is 18.2 Å². The van der Waals surface area contributed by atoms with Gasteiger partial charge >= 0.3 is 5.97 Å². The molecule has 1 atom stereocenters. The van der Waals surface area contributed by atoms with E-state index in [1.165, 1.54) is 18.2 Å². The second-order valence-corrected chi connectivity index (χ2v) is 6.59. The third kappa shape index (κ3) is 1.37.